The number of aryl methyl sites for hydroxylation is 1. The normalized spacial score (nSPS) is 12.2. The first-order valence-electron chi connectivity index (χ1n) is 6.08. The molecule has 20 heavy (non-hydrogen) atoms. The molecule has 0 spiro atoms. The second kappa shape index (κ2) is 6.44. The molecule has 0 bridgehead atoms. The maximum atomic E-state index is 13.4. The minimum atomic E-state index is -0.410. The van der Waals surface area contributed by atoms with Crippen LogP contribution in [0.1, 0.15) is 17.2 Å². The van der Waals surface area contributed by atoms with Crippen molar-refractivity contribution in [1.82, 2.24) is 0 Å². The minimum Gasteiger partial charge on any atom is -0.394 e. The second-order valence-corrected chi connectivity index (χ2v) is 5.47. The van der Waals surface area contributed by atoms with Crippen LogP contribution in [0.15, 0.2) is 36.4 Å². The molecule has 0 aromatic heterocycles. The smallest absolute Gasteiger partial charge is 0.125 e. The van der Waals surface area contributed by atoms with Crippen LogP contribution in [0.2, 0.25) is 10.0 Å². The molecule has 0 saturated heterocycles. The zero-order valence-electron chi connectivity index (χ0n) is 10.8. The Morgan fingerprint density at radius 2 is 1.75 bits per heavy atom. The molecule has 2 aromatic carbocycles. The average Bonchev–Trinajstić information content (AvgIpc) is 2.33. The number of nitrogens with one attached hydrogen (secondary N) is 1. The van der Waals surface area contributed by atoms with Gasteiger partial charge in [0, 0.05) is 15.7 Å². The summed E-state index contributed by atoms with van der Waals surface area (Å²) < 4.78 is 13.4. The fourth-order valence-corrected chi connectivity index (χ4v) is 2.57. The maximum Gasteiger partial charge on any atom is 0.125 e. The van der Waals surface area contributed by atoms with Crippen LogP contribution in [0.25, 0.3) is 0 Å². The summed E-state index contributed by atoms with van der Waals surface area (Å²) in [5, 5.41) is 13.6. The van der Waals surface area contributed by atoms with E-state index in [0.29, 0.717) is 15.7 Å². The van der Waals surface area contributed by atoms with Gasteiger partial charge in [-0.25, -0.2) is 4.39 Å². The Kier molecular flexibility index (Phi) is 4.86. The molecule has 2 rings (SSSR count). The third kappa shape index (κ3) is 3.85. The van der Waals surface area contributed by atoms with Gasteiger partial charge in [0.2, 0.25) is 0 Å². The van der Waals surface area contributed by atoms with E-state index in [4.69, 9.17) is 23.2 Å². The summed E-state index contributed by atoms with van der Waals surface area (Å²) in [7, 11) is 0. The lowest BCUT2D eigenvalue weighted by molar-refractivity contribution is 0.276. The topological polar surface area (TPSA) is 32.3 Å². The molecule has 2 aromatic rings. The van der Waals surface area contributed by atoms with Gasteiger partial charge in [0.05, 0.1) is 12.6 Å². The molecule has 5 heteroatoms. The zero-order chi connectivity index (χ0) is 14.7. The summed E-state index contributed by atoms with van der Waals surface area (Å²) in [4.78, 5) is 0. The summed E-state index contributed by atoms with van der Waals surface area (Å²) in [5.74, 6) is -0.326. The molecule has 2 N–H and O–H groups in total. The molecule has 0 radical (unpaired) electrons. The molecular formula is C15H14Cl2FNO. The largest absolute Gasteiger partial charge is 0.394 e. The molecule has 0 saturated carbocycles. The van der Waals surface area contributed by atoms with Gasteiger partial charge in [0.15, 0.2) is 0 Å². The summed E-state index contributed by atoms with van der Waals surface area (Å²) in [6.45, 7) is 1.64. The SMILES string of the molecule is Cc1cc(F)cc(NC(CO)c2cc(Cl)cc(Cl)c2)c1. The predicted octanol–water partition coefficient (Wildman–Crippen LogP) is 4.59. The van der Waals surface area contributed by atoms with Crippen molar-refractivity contribution in [2.45, 2.75) is 13.0 Å². The molecule has 0 aliphatic heterocycles. The Morgan fingerprint density at radius 1 is 1.10 bits per heavy atom. The molecule has 0 heterocycles. The number of aliphatic hydroxyl groups excluding tert-OH is 1. The van der Waals surface area contributed by atoms with E-state index in [1.807, 2.05) is 0 Å². The minimum absolute atomic E-state index is 0.160. The Balaban J connectivity index is 2.28. The molecule has 0 amide bonds. The van der Waals surface area contributed by atoms with Crippen molar-refractivity contribution in [2.75, 3.05) is 11.9 Å². The summed E-state index contributed by atoms with van der Waals surface area (Å²) >= 11 is 11.9. The highest BCUT2D eigenvalue weighted by molar-refractivity contribution is 6.34. The summed E-state index contributed by atoms with van der Waals surface area (Å²) in [6.07, 6.45) is 0. The molecule has 1 atom stereocenters. The second-order valence-electron chi connectivity index (χ2n) is 4.60. The quantitative estimate of drug-likeness (QED) is 0.865. The van der Waals surface area contributed by atoms with Crippen molar-refractivity contribution < 1.29 is 9.50 Å². The lowest BCUT2D eigenvalue weighted by Crippen LogP contribution is -2.15. The van der Waals surface area contributed by atoms with Gasteiger partial charge in [0.25, 0.3) is 0 Å². The van der Waals surface area contributed by atoms with Gasteiger partial charge in [-0.05, 0) is 54.4 Å². The molecular weight excluding hydrogens is 300 g/mol. The van der Waals surface area contributed by atoms with Gasteiger partial charge in [-0.3, -0.25) is 0 Å². The average molecular weight is 314 g/mol. The molecule has 106 valence electrons. The summed E-state index contributed by atoms with van der Waals surface area (Å²) in [6, 6.07) is 9.26. The van der Waals surface area contributed by atoms with Crippen LogP contribution < -0.4 is 5.32 Å². The van der Waals surface area contributed by atoms with Crippen molar-refractivity contribution in [3.05, 3.63) is 63.4 Å². The van der Waals surface area contributed by atoms with Crippen LogP contribution in [0.4, 0.5) is 10.1 Å². The number of halogens is 3. The third-order valence-corrected chi connectivity index (χ3v) is 3.29. The lowest BCUT2D eigenvalue weighted by Gasteiger charge is -2.19. The number of hydrogen-bond donors (Lipinski definition) is 2. The van der Waals surface area contributed by atoms with Crippen LogP contribution >= 0.6 is 23.2 Å². The Morgan fingerprint density at radius 3 is 2.30 bits per heavy atom. The van der Waals surface area contributed by atoms with Crippen LogP contribution in [-0.2, 0) is 0 Å². The van der Waals surface area contributed by atoms with E-state index in [2.05, 4.69) is 5.32 Å². The lowest BCUT2D eigenvalue weighted by atomic mass is 10.1. The highest BCUT2D eigenvalue weighted by Gasteiger charge is 2.12. The number of aliphatic hydroxyl groups is 1. The zero-order valence-corrected chi connectivity index (χ0v) is 12.3. The fourth-order valence-electron chi connectivity index (χ4n) is 2.03. The van der Waals surface area contributed by atoms with E-state index >= 15 is 0 Å². The summed E-state index contributed by atoms with van der Waals surface area (Å²) in [5.41, 5.74) is 2.14. The molecule has 0 fully saturated rings. The van der Waals surface area contributed by atoms with Gasteiger partial charge in [0.1, 0.15) is 5.82 Å². The predicted molar refractivity (Wildman–Crippen MR) is 81.0 cm³/mol. The van der Waals surface area contributed by atoms with E-state index < -0.39 is 6.04 Å². The number of benzene rings is 2. The number of anilines is 1. The highest BCUT2D eigenvalue weighted by atomic mass is 35.5. The van der Waals surface area contributed by atoms with Crippen molar-refractivity contribution >= 4 is 28.9 Å². The van der Waals surface area contributed by atoms with E-state index in [1.54, 1.807) is 31.2 Å². The van der Waals surface area contributed by atoms with Gasteiger partial charge in [-0.15, -0.1) is 0 Å². The van der Waals surface area contributed by atoms with Crippen LogP contribution in [0.3, 0.4) is 0 Å². The molecule has 0 aliphatic rings. The van der Waals surface area contributed by atoms with E-state index in [9.17, 15) is 9.50 Å². The van der Waals surface area contributed by atoms with E-state index in [1.165, 1.54) is 12.1 Å². The monoisotopic (exact) mass is 313 g/mol. The molecule has 2 nitrogen and oxygen atoms in total. The van der Waals surface area contributed by atoms with Gasteiger partial charge in [-0.2, -0.15) is 0 Å². The Bertz CT molecular complexity index is 578. The van der Waals surface area contributed by atoms with Crippen molar-refractivity contribution in [2.24, 2.45) is 0 Å². The fraction of sp³-hybridized carbons (Fsp3) is 0.200. The van der Waals surface area contributed by atoms with Crippen LogP contribution in [0.5, 0.6) is 0 Å². The van der Waals surface area contributed by atoms with E-state index in [0.717, 1.165) is 11.1 Å². The number of rotatable bonds is 4. The first kappa shape index (κ1) is 15.1. The Labute approximate surface area is 127 Å². The molecule has 1 unspecified atom stereocenters. The standard InChI is InChI=1S/C15H14Cl2FNO/c1-9-2-13(18)7-14(3-9)19-15(8-20)10-4-11(16)6-12(17)5-10/h2-7,15,19-20H,8H2,1H3. The van der Waals surface area contributed by atoms with Crippen molar-refractivity contribution in [3.63, 3.8) is 0 Å². The molecule has 0 aliphatic carbocycles. The van der Waals surface area contributed by atoms with Gasteiger partial charge >= 0.3 is 0 Å². The van der Waals surface area contributed by atoms with Gasteiger partial charge < -0.3 is 10.4 Å². The first-order chi connectivity index (χ1) is 9.47. The van der Waals surface area contributed by atoms with Crippen LogP contribution in [-0.4, -0.2) is 11.7 Å². The third-order valence-electron chi connectivity index (χ3n) is 2.85. The first-order valence-corrected chi connectivity index (χ1v) is 6.84. The number of hydrogen-bond acceptors (Lipinski definition) is 2. The van der Waals surface area contributed by atoms with E-state index in [-0.39, 0.29) is 12.4 Å². The van der Waals surface area contributed by atoms with Crippen LogP contribution in [0, 0.1) is 12.7 Å². The van der Waals surface area contributed by atoms with Gasteiger partial charge in [-0.1, -0.05) is 23.2 Å². The highest BCUT2D eigenvalue weighted by Crippen LogP contribution is 2.26. The van der Waals surface area contributed by atoms with Crippen molar-refractivity contribution in [1.29, 1.82) is 0 Å². The van der Waals surface area contributed by atoms with Crippen molar-refractivity contribution in [3.8, 4) is 0 Å². The maximum absolute atomic E-state index is 13.4. The Hall–Kier alpha value is -1.29.